The first-order valence-corrected chi connectivity index (χ1v) is 10.6. The van der Waals surface area contributed by atoms with Crippen molar-refractivity contribution in [2.75, 3.05) is 28.4 Å². The lowest BCUT2D eigenvalue weighted by Gasteiger charge is -2.27. The van der Waals surface area contributed by atoms with Crippen molar-refractivity contribution >= 4 is 18.3 Å². The average Bonchev–Trinajstić information content (AvgIpc) is 3.23. The summed E-state index contributed by atoms with van der Waals surface area (Å²) >= 11 is 0. The molecule has 118 valence electrons. The van der Waals surface area contributed by atoms with Crippen LogP contribution in [0.25, 0.3) is 0 Å². The van der Waals surface area contributed by atoms with Gasteiger partial charge in [-0.3, -0.25) is 0 Å². The fourth-order valence-electron chi connectivity index (χ4n) is 3.03. The Kier molecular flexibility index (Phi) is 5.77. The zero-order valence-electron chi connectivity index (χ0n) is 12.8. The lowest BCUT2D eigenvalue weighted by molar-refractivity contribution is 0.0410. The van der Waals surface area contributed by atoms with Crippen LogP contribution in [0.3, 0.4) is 0 Å². The molecular weight excluding hydrogens is 296 g/mol. The van der Waals surface area contributed by atoms with Crippen LogP contribution >= 0.6 is 0 Å². The molecule has 6 nitrogen and oxygen atoms in total. The first kappa shape index (κ1) is 16.6. The third-order valence-corrected chi connectivity index (χ3v) is 9.31. The van der Waals surface area contributed by atoms with Crippen LogP contribution in [0.1, 0.15) is 32.1 Å². The summed E-state index contributed by atoms with van der Waals surface area (Å²) in [6.07, 6.45) is 6.41. The molecule has 1 saturated carbocycles. The summed E-state index contributed by atoms with van der Waals surface area (Å²) in [7, 11) is 1.43. The van der Waals surface area contributed by atoms with Gasteiger partial charge in [0.15, 0.2) is 0 Å². The van der Waals surface area contributed by atoms with E-state index in [1.54, 1.807) is 28.4 Å². The summed E-state index contributed by atoms with van der Waals surface area (Å²) in [4.78, 5) is 0. The molecule has 0 bridgehead atoms. The van der Waals surface area contributed by atoms with Gasteiger partial charge in [-0.15, -0.1) is 0 Å². The summed E-state index contributed by atoms with van der Waals surface area (Å²) in [6.45, 7) is 0. The van der Waals surface area contributed by atoms with Crippen LogP contribution in [-0.2, 0) is 26.6 Å². The van der Waals surface area contributed by atoms with E-state index in [0.717, 1.165) is 12.5 Å². The first-order chi connectivity index (χ1) is 9.63. The highest BCUT2D eigenvalue weighted by atomic mass is 28.5. The molecule has 20 heavy (non-hydrogen) atoms. The van der Waals surface area contributed by atoms with Gasteiger partial charge in [-0.05, 0) is 25.3 Å². The van der Waals surface area contributed by atoms with Gasteiger partial charge in [0, 0.05) is 28.4 Å². The second-order valence-corrected chi connectivity index (χ2v) is 10.4. The maximum absolute atomic E-state index is 5.92. The minimum absolute atomic E-state index is 0.114. The molecule has 8 heteroatoms. The third-order valence-electron chi connectivity index (χ3n) is 4.31. The molecule has 1 heterocycles. The van der Waals surface area contributed by atoms with E-state index in [1.807, 2.05) is 0 Å². The van der Waals surface area contributed by atoms with Gasteiger partial charge in [0.25, 0.3) is 0 Å². The van der Waals surface area contributed by atoms with Crippen molar-refractivity contribution in [1.82, 2.24) is 0 Å². The maximum Gasteiger partial charge on any atom is 0.669 e. The molecule has 3 atom stereocenters. The fraction of sp³-hybridized carbons (Fsp3) is 1.00. The van der Waals surface area contributed by atoms with E-state index in [4.69, 9.17) is 26.6 Å². The molecule has 1 aliphatic carbocycles. The Hall–Kier alpha value is 0.194. The van der Waals surface area contributed by atoms with Crippen LogP contribution in [-0.4, -0.2) is 58.5 Å². The molecule has 0 spiro atoms. The third kappa shape index (κ3) is 3.50. The molecule has 3 unspecified atom stereocenters. The highest BCUT2D eigenvalue weighted by molar-refractivity contribution is 6.64. The predicted octanol–water partition coefficient (Wildman–Crippen LogP) is 1.35. The molecule has 1 aliphatic heterocycles. The normalized spacial score (nSPS) is 30.9. The van der Waals surface area contributed by atoms with Crippen molar-refractivity contribution in [2.45, 2.75) is 49.9 Å². The van der Waals surface area contributed by atoms with E-state index in [2.05, 4.69) is 0 Å². The van der Waals surface area contributed by atoms with Gasteiger partial charge in [0.2, 0.25) is 0 Å². The minimum Gasteiger partial charge on any atom is -0.400 e. The second-order valence-electron chi connectivity index (χ2n) is 5.35. The topological polar surface area (TPSA) is 58.7 Å². The van der Waals surface area contributed by atoms with Crippen molar-refractivity contribution in [1.29, 1.82) is 0 Å². The summed E-state index contributed by atoms with van der Waals surface area (Å²) in [5.41, 5.74) is 0.114. The lowest BCUT2D eigenvalue weighted by Crippen LogP contribution is -2.51. The van der Waals surface area contributed by atoms with E-state index >= 15 is 0 Å². The largest absolute Gasteiger partial charge is 0.669 e. The number of fused-ring (bicyclic) bond motifs is 1. The summed E-state index contributed by atoms with van der Waals surface area (Å²) in [6, 6.07) is 0.887. The van der Waals surface area contributed by atoms with Crippen LogP contribution in [0.15, 0.2) is 0 Å². The molecule has 0 aromatic carbocycles. The van der Waals surface area contributed by atoms with Gasteiger partial charge in [-0.25, -0.2) is 0 Å². The van der Waals surface area contributed by atoms with E-state index in [1.165, 1.54) is 25.7 Å². The number of epoxide rings is 1. The Morgan fingerprint density at radius 3 is 2.40 bits per heavy atom. The molecule has 0 aromatic heterocycles. The summed E-state index contributed by atoms with van der Waals surface area (Å²) < 4.78 is 33.2. The molecule has 0 N–H and O–H groups in total. The van der Waals surface area contributed by atoms with Gasteiger partial charge in [-0.1, -0.05) is 12.8 Å². The molecule has 2 aliphatic rings. The quantitative estimate of drug-likeness (QED) is 0.472. The number of ether oxygens (including phenoxy) is 1. The lowest BCUT2D eigenvalue weighted by atomic mass is 9.87. The average molecular weight is 323 g/mol. The van der Waals surface area contributed by atoms with Crippen molar-refractivity contribution in [3.63, 3.8) is 0 Å². The van der Waals surface area contributed by atoms with Gasteiger partial charge in [0.1, 0.15) is 0 Å². The standard InChI is InChI=1S/C12H26O6Si2/c1-13-19(18-20(14-2,15-3)16-4)10-9-12-8-6-5-7-11(12)17-12/h11,19H,5-10H2,1-4H3. The summed E-state index contributed by atoms with van der Waals surface area (Å²) in [5.74, 6) is 0. The highest BCUT2D eigenvalue weighted by Gasteiger charge is 2.57. The number of hydrogen-bond donors (Lipinski definition) is 0. The monoisotopic (exact) mass is 322 g/mol. The Morgan fingerprint density at radius 2 is 1.85 bits per heavy atom. The van der Waals surface area contributed by atoms with E-state index in [0.29, 0.717) is 6.10 Å². The van der Waals surface area contributed by atoms with Gasteiger partial charge in [0.05, 0.1) is 11.7 Å². The Bertz CT molecular complexity index is 306. The molecule has 0 amide bonds. The van der Waals surface area contributed by atoms with Crippen LogP contribution in [0.5, 0.6) is 0 Å². The zero-order valence-corrected chi connectivity index (χ0v) is 15.0. The van der Waals surface area contributed by atoms with Gasteiger partial charge in [-0.2, -0.15) is 0 Å². The zero-order chi connectivity index (χ0) is 14.6. The van der Waals surface area contributed by atoms with Gasteiger partial charge >= 0.3 is 18.3 Å². The second kappa shape index (κ2) is 6.97. The molecule has 1 saturated heterocycles. The highest BCUT2D eigenvalue weighted by Crippen LogP contribution is 2.51. The van der Waals surface area contributed by atoms with Crippen LogP contribution in [0.2, 0.25) is 6.04 Å². The molecule has 0 radical (unpaired) electrons. The van der Waals surface area contributed by atoms with E-state index in [9.17, 15) is 0 Å². The SMILES string of the molecule is CO[SiH](CCC12CCCCC1O2)O[Si](OC)(OC)OC. The molecule has 2 fully saturated rings. The first-order valence-electron chi connectivity index (χ1n) is 7.17. The van der Waals surface area contributed by atoms with E-state index in [-0.39, 0.29) is 5.60 Å². The van der Waals surface area contributed by atoms with Crippen LogP contribution in [0.4, 0.5) is 0 Å². The minimum atomic E-state index is -3.00. The van der Waals surface area contributed by atoms with Crippen molar-refractivity contribution in [3.8, 4) is 0 Å². The Labute approximate surface area is 124 Å². The smallest absolute Gasteiger partial charge is 0.400 e. The Balaban J connectivity index is 1.83. The van der Waals surface area contributed by atoms with Crippen molar-refractivity contribution in [2.24, 2.45) is 0 Å². The maximum atomic E-state index is 5.92. The van der Waals surface area contributed by atoms with Crippen LogP contribution in [0, 0.1) is 0 Å². The van der Waals surface area contributed by atoms with Crippen molar-refractivity contribution < 1.29 is 26.6 Å². The number of hydrogen-bond acceptors (Lipinski definition) is 6. The molecule has 0 aromatic rings. The van der Waals surface area contributed by atoms with Crippen LogP contribution < -0.4 is 0 Å². The fourth-order valence-corrected chi connectivity index (χ4v) is 7.79. The van der Waals surface area contributed by atoms with Crippen molar-refractivity contribution in [3.05, 3.63) is 0 Å². The molecule has 2 rings (SSSR count). The predicted molar refractivity (Wildman–Crippen MR) is 77.5 cm³/mol. The Morgan fingerprint density at radius 1 is 1.15 bits per heavy atom. The van der Waals surface area contributed by atoms with Gasteiger partial charge < -0.3 is 26.6 Å². The summed E-state index contributed by atoms with van der Waals surface area (Å²) in [5, 5.41) is 0. The van der Waals surface area contributed by atoms with E-state index < -0.39 is 18.3 Å². The number of rotatable bonds is 9. The molecular formula is C12H26O6Si2.